The Balaban J connectivity index is 2.50. The lowest BCUT2D eigenvalue weighted by Gasteiger charge is -2.20. The van der Waals surface area contributed by atoms with E-state index in [-0.39, 0.29) is 12.5 Å². The van der Waals surface area contributed by atoms with Crippen molar-refractivity contribution in [1.29, 1.82) is 0 Å². The first kappa shape index (κ1) is 17.6. The summed E-state index contributed by atoms with van der Waals surface area (Å²) in [7, 11) is 2.88. The molecule has 22 heavy (non-hydrogen) atoms. The summed E-state index contributed by atoms with van der Waals surface area (Å²) in [6.07, 6.45) is -0.811. The summed E-state index contributed by atoms with van der Waals surface area (Å²) in [5, 5.41) is 4.85. The highest BCUT2D eigenvalue weighted by Gasteiger charge is 2.25. The molecule has 0 aliphatic heterocycles. The lowest BCUT2D eigenvalue weighted by Crippen LogP contribution is -3.15. The highest BCUT2D eigenvalue weighted by molar-refractivity contribution is 5.94. The largest absolute Gasteiger partial charge is 0.453 e. The molecule has 3 amide bonds. The van der Waals surface area contributed by atoms with Crippen LogP contribution in [0.5, 0.6) is 0 Å². The van der Waals surface area contributed by atoms with Crippen LogP contribution in [0.15, 0.2) is 24.3 Å². The molecule has 0 bridgehead atoms. The van der Waals surface area contributed by atoms with Crippen LogP contribution in [-0.2, 0) is 14.3 Å². The van der Waals surface area contributed by atoms with E-state index in [1.165, 1.54) is 7.11 Å². The third kappa shape index (κ3) is 5.53. The number of rotatable bonds is 5. The van der Waals surface area contributed by atoms with Crippen molar-refractivity contribution in [2.45, 2.75) is 19.9 Å². The quantitative estimate of drug-likeness (QED) is 0.698. The normalized spacial score (nSPS) is 12.9. The van der Waals surface area contributed by atoms with E-state index >= 15 is 0 Å². The number of carbonyl (C=O) groups excluding carboxylic acids is 3. The Hall–Kier alpha value is -2.41. The molecular weight excluding hydrogens is 286 g/mol. The number of alkyl carbamates (subject to hydrolysis) is 1. The van der Waals surface area contributed by atoms with Gasteiger partial charge in [-0.25, -0.2) is 4.79 Å². The third-order valence-electron chi connectivity index (χ3n) is 3.32. The second-order valence-corrected chi connectivity index (χ2v) is 5.14. The van der Waals surface area contributed by atoms with Crippen LogP contribution in [0.3, 0.4) is 0 Å². The fourth-order valence-electron chi connectivity index (χ4n) is 1.73. The minimum absolute atomic E-state index is 0.101. The fraction of sp³-hybridized carbons (Fsp3) is 0.400. The molecule has 3 N–H and O–H groups in total. The molecule has 7 nitrogen and oxygen atoms in total. The predicted octanol–water partition coefficient (Wildman–Crippen LogP) is -0.281. The van der Waals surface area contributed by atoms with Crippen LogP contribution in [0.4, 0.5) is 10.5 Å². The van der Waals surface area contributed by atoms with E-state index in [9.17, 15) is 14.4 Å². The van der Waals surface area contributed by atoms with E-state index in [0.29, 0.717) is 10.6 Å². The number of carbonyl (C=O) groups is 3. The number of ether oxygens (including phenoxy) is 1. The highest BCUT2D eigenvalue weighted by Crippen LogP contribution is 2.07. The van der Waals surface area contributed by atoms with Crippen LogP contribution >= 0.6 is 0 Å². The molecule has 0 aliphatic rings. The maximum absolute atomic E-state index is 12.0. The zero-order valence-electron chi connectivity index (χ0n) is 13.2. The number of hydrogen-bond donors (Lipinski definition) is 3. The van der Waals surface area contributed by atoms with Crippen molar-refractivity contribution in [3.63, 3.8) is 0 Å². The smallest absolute Gasteiger partial charge is 0.413 e. The van der Waals surface area contributed by atoms with Gasteiger partial charge in [-0.3, -0.25) is 14.9 Å². The molecule has 0 radical (unpaired) electrons. The Morgan fingerprint density at radius 2 is 1.82 bits per heavy atom. The van der Waals surface area contributed by atoms with Gasteiger partial charge in [-0.2, -0.15) is 0 Å². The van der Waals surface area contributed by atoms with Crippen LogP contribution in [0.1, 0.15) is 12.5 Å². The summed E-state index contributed by atoms with van der Waals surface area (Å²) in [5.74, 6) is -0.702. The van der Waals surface area contributed by atoms with Crippen molar-refractivity contribution in [2.24, 2.45) is 0 Å². The van der Waals surface area contributed by atoms with Crippen molar-refractivity contribution in [3.05, 3.63) is 29.8 Å². The number of benzene rings is 1. The third-order valence-corrected chi connectivity index (χ3v) is 3.32. The summed E-state index contributed by atoms with van der Waals surface area (Å²) in [6.45, 7) is 3.70. The summed E-state index contributed by atoms with van der Waals surface area (Å²) >= 11 is 0. The van der Waals surface area contributed by atoms with Gasteiger partial charge in [0.1, 0.15) is 0 Å². The Morgan fingerprint density at radius 3 is 2.36 bits per heavy atom. The van der Waals surface area contributed by atoms with Crippen molar-refractivity contribution < 1.29 is 24.0 Å². The van der Waals surface area contributed by atoms with Gasteiger partial charge in [0.25, 0.3) is 11.8 Å². The fourth-order valence-corrected chi connectivity index (χ4v) is 1.73. The molecule has 0 spiro atoms. The molecule has 0 saturated heterocycles. The Morgan fingerprint density at radius 1 is 1.23 bits per heavy atom. The van der Waals surface area contributed by atoms with Crippen molar-refractivity contribution in [1.82, 2.24) is 5.32 Å². The van der Waals surface area contributed by atoms with Crippen LogP contribution in [0.2, 0.25) is 0 Å². The summed E-state index contributed by atoms with van der Waals surface area (Å²) < 4.78 is 4.36. The van der Waals surface area contributed by atoms with Crippen molar-refractivity contribution >= 4 is 23.6 Å². The minimum atomic E-state index is -0.811. The van der Waals surface area contributed by atoms with Crippen LogP contribution in [0.25, 0.3) is 0 Å². The van der Waals surface area contributed by atoms with E-state index in [4.69, 9.17) is 0 Å². The van der Waals surface area contributed by atoms with Gasteiger partial charge in [0.15, 0.2) is 12.6 Å². The van der Waals surface area contributed by atoms with Gasteiger partial charge in [-0.15, -0.1) is 0 Å². The number of aryl methyl sites for hydroxylation is 1. The molecule has 0 saturated carbocycles. The number of methoxy groups -OCH3 is 1. The Kier molecular flexibility index (Phi) is 6.52. The molecule has 0 aliphatic carbocycles. The lowest BCUT2D eigenvalue weighted by molar-refractivity contribution is -0.885. The van der Waals surface area contributed by atoms with Gasteiger partial charge in [0, 0.05) is 5.69 Å². The zero-order chi connectivity index (χ0) is 16.7. The molecule has 2 atom stereocenters. The highest BCUT2D eigenvalue weighted by atomic mass is 16.5. The number of amides is 3. The van der Waals surface area contributed by atoms with Gasteiger partial charge in [-0.05, 0) is 26.0 Å². The number of nitrogens with one attached hydrogen (secondary N) is 3. The van der Waals surface area contributed by atoms with Gasteiger partial charge < -0.3 is 15.0 Å². The van der Waals surface area contributed by atoms with E-state index in [1.807, 2.05) is 31.2 Å². The maximum Gasteiger partial charge on any atom is 0.413 e. The van der Waals surface area contributed by atoms with E-state index in [0.717, 1.165) is 5.56 Å². The molecular formula is C15H22N3O4+. The van der Waals surface area contributed by atoms with Gasteiger partial charge in [-0.1, -0.05) is 17.7 Å². The number of hydrogen-bond acceptors (Lipinski definition) is 4. The van der Waals surface area contributed by atoms with Crippen LogP contribution < -0.4 is 15.5 Å². The zero-order valence-corrected chi connectivity index (χ0v) is 13.2. The number of imide groups is 1. The Bertz CT molecular complexity index is 542. The molecule has 1 aromatic rings. The Labute approximate surface area is 129 Å². The molecule has 1 unspecified atom stereocenters. The number of anilines is 1. The summed E-state index contributed by atoms with van der Waals surface area (Å²) in [4.78, 5) is 35.4. The number of quaternary nitrogens is 1. The first-order valence-corrected chi connectivity index (χ1v) is 6.91. The first-order valence-electron chi connectivity index (χ1n) is 6.91. The maximum atomic E-state index is 12.0. The van der Waals surface area contributed by atoms with E-state index in [1.54, 1.807) is 14.0 Å². The average molecular weight is 308 g/mol. The summed E-state index contributed by atoms with van der Waals surface area (Å²) in [5.41, 5.74) is 1.81. The second kappa shape index (κ2) is 8.14. The van der Waals surface area contributed by atoms with Gasteiger partial charge >= 0.3 is 6.09 Å². The monoisotopic (exact) mass is 308 g/mol. The van der Waals surface area contributed by atoms with Gasteiger partial charge in [0.05, 0.1) is 14.2 Å². The first-order chi connectivity index (χ1) is 10.3. The lowest BCUT2D eigenvalue weighted by atomic mass is 10.2. The van der Waals surface area contributed by atoms with Crippen LogP contribution in [0, 0.1) is 6.92 Å². The van der Waals surface area contributed by atoms with Gasteiger partial charge in [0.2, 0.25) is 0 Å². The van der Waals surface area contributed by atoms with Crippen LogP contribution in [-0.4, -0.2) is 44.7 Å². The van der Waals surface area contributed by atoms with E-state index in [2.05, 4.69) is 15.4 Å². The minimum Gasteiger partial charge on any atom is -0.453 e. The standard InChI is InChI=1S/C15H21N3O4/c1-10-5-7-12(8-6-10)16-13(19)9-18(3)11(2)14(20)17-15(21)22-4/h5-8,11H,9H2,1-4H3,(H,16,19)(H,17,20,21)/p+1/t11-/m0/s1. The van der Waals surface area contributed by atoms with Crippen molar-refractivity contribution in [3.8, 4) is 0 Å². The van der Waals surface area contributed by atoms with Crippen molar-refractivity contribution in [2.75, 3.05) is 26.0 Å². The second-order valence-electron chi connectivity index (χ2n) is 5.14. The van der Waals surface area contributed by atoms with E-state index < -0.39 is 18.0 Å². The molecule has 0 heterocycles. The topological polar surface area (TPSA) is 88.9 Å². The predicted molar refractivity (Wildman–Crippen MR) is 81.6 cm³/mol. The molecule has 0 aromatic heterocycles. The molecule has 0 fully saturated rings. The molecule has 1 rings (SSSR count). The summed E-state index contributed by atoms with van der Waals surface area (Å²) in [6, 6.07) is 6.87. The molecule has 1 aromatic carbocycles. The number of likely N-dealkylation sites (N-methyl/N-ethyl adjacent to an activating group) is 1. The molecule has 120 valence electrons. The SMILES string of the molecule is COC(=O)NC(=O)[C@H](C)[NH+](C)CC(=O)Nc1ccc(C)cc1. The molecule has 7 heteroatoms. The average Bonchev–Trinajstić information content (AvgIpc) is 2.48.